The summed E-state index contributed by atoms with van der Waals surface area (Å²) in [5.74, 6) is -1.32. The van der Waals surface area contributed by atoms with E-state index in [9.17, 15) is 18.3 Å². The number of hydrogen-bond donors (Lipinski definition) is 1. The highest BCUT2D eigenvalue weighted by molar-refractivity contribution is 7.89. The average molecular weight is 350 g/mol. The molecule has 0 spiro atoms. The van der Waals surface area contributed by atoms with E-state index >= 15 is 0 Å². The maximum atomic E-state index is 13.0. The van der Waals surface area contributed by atoms with Gasteiger partial charge in [0.25, 0.3) is 10.0 Å². The fraction of sp³-hybridized carbons (Fsp3) is 0.312. The van der Waals surface area contributed by atoms with Crippen molar-refractivity contribution in [3.8, 4) is 0 Å². The van der Waals surface area contributed by atoms with E-state index in [-0.39, 0.29) is 10.6 Å². The van der Waals surface area contributed by atoms with Gasteiger partial charge >= 0.3 is 5.97 Å². The highest BCUT2D eigenvalue weighted by Crippen LogP contribution is 2.41. The van der Waals surface area contributed by atoms with Crippen molar-refractivity contribution in [2.45, 2.75) is 18.2 Å². The Labute approximate surface area is 139 Å². The van der Waals surface area contributed by atoms with E-state index in [0.717, 1.165) is 23.4 Å². The first kappa shape index (κ1) is 16.4. The third-order valence-corrected chi connectivity index (χ3v) is 6.22. The van der Waals surface area contributed by atoms with Crippen LogP contribution in [-0.2, 0) is 33.0 Å². The monoisotopic (exact) mass is 350 g/mol. The van der Waals surface area contributed by atoms with Gasteiger partial charge in [-0.25, -0.2) is 13.2 Å². The van der Waals surface area contributed by atoms with E-state index < -0.39 is 27.4 Å². The number of esters is 1. The summed E-state index contributed by atoms with van der Waals surface area (Å²) in [6.45, 7) is 1.98. The maximum absolute atomic E-state index is 13.0. The number of benzene rings is 1. The number of aryl methyl sites for hydroxylation is 2. The van der Waals surface area contributed by atoms with E-state index in [4.69, 9.17) is 0 Å². The maximum Gasteiger partial charge on any atom is 0.359 e. The van der Waals surface area contributed by atoms with Crippen molar-refractivity contribution in [3.63, 3.8) is 0 Å². The molecule has 1 aliphatic rings. The van der Waals surface area contributed by atoms with Gasteiger partial charge < -0.3 is 14.4 Å². The van der Waals surface area contributed by atoms with Crippen LogP contribution >= 0.6 is 0 Å². The molecule has 0 unspecified atom stereocenters. The van der Waals surface area contributed by atoms with E-state index in [1.54, 1.807) is 17.7 Å². The summed E-state index contributed by atoms with van der Waals surface area (Å²) in [7, 11) is 0.0146. The van der Waals surface area contributed by atoms with Crippen molar-refractivity contribution < 1.29 is 23.1 Å². The molecule has 7 nitrogen and oxygen atoms in total. The number of nitrogens with zero attached hydrogens (tertiary/aromatic N) is 2. The number of sulfonamides is 1. The molecule has 128 valence electrons. The molecule has 1 aliphatic heterocycles. The lowest BCUT2D eigenvalue weighted by Gasteiger charge is -2.26. The number of carbonyl (C=O) groups is 1. The van der Waals surface area contributed by atoms with Gasteiger partial charge in [-0.15, -0.1) is 0 Å². The van der Waals surface area contributed by atoms with Crippen LogP contribution in [0.25, 0.3) is 16.7 Å². The van der Waals surface area contributed by atoms with Crippen LogP contribution in [0.5, 0.6) is 0 Å². The first-order chi connectivity index (χ1) is 11.3. The summed E-state index contributed by atoms with van der Waals surface area (Å²) in [6, 6.07) is 5.52. The summed E-state index contributed by atoms with van der Waals surface area (Å²) in [5.41, 5.74) is 1.34. The minimum Gasteiger partial charge on any atom is -0.504 e. The molecule has 1 N–H and O–H groups in total. The molecule has 0 saturated heterocycles. The Morgan fingerprint density at radius 3 is 2.54 bits per heavy atom. The molecule has 1 aromatic heterocycles. The molecule has 0 fully saturated rings. The second-order valence-electron chi connectivity index (χ2n) is 5.60. The lowest BCUT2D eigenvalue weighted by Crippen LogP contribution is -2.35. The molecular weight excluding hydrogens is 332 g/mol. The number of aromatic nitrogens is 1. The topological polar surface area (TPSA) is 88.8 Å². The van der Waals surface area contributed by atoms with E-state index in [0.29, 0.717) is 10.9 Å². The highest BCUT2D eigenvalue weighted by Gasteiger charge is 2.42. The number of ether oxygens (including phenoxy) is 1. The van der Waals surface area contributed by atoms with Crippen molar-refractivity contribution in [3.05, 3.63) is 35.2 Å². The molecule has 0 atom stereocenters. The largest absolute Gasteiger partial charge is 0.504 e. The van der Waals surface area contributed by atoms with Crippen LogP contribution in [0.1, 0.15) is 18.2 Å². The number of fused-ring (bicyclic) bond motifs is 3. The minimum absolute atomic E-state index is 0.00273. The standard InChI is InChI=1S/C16H18N2O5S/c1-5-9-6-7-11-10(8-9)15-12(17(11)2)14(19)13(16(20)23-4)18(3)24(15,21)22/h6-8,19H,5H2,1-4H3. The summed E-state index contributed by atoms with van der Waals surface area (Å²) >= 11 is 0. The smallest absolute Gasteiger partial charge is 0.359 e. The number of aliphatic hydroxyl groups excluding tert-OH is 1. The Morgan fingerprint density at radius 2 is 1.96 bits per heavy atom. The molecule has 2 heterocycles. The second kappa shape index (κ2) is 5.27. The summed E-state index contributed by atoms with van der Waals surface area (Å²) in [6.07, 6.45) is 0.755. The quantitative estimate of drug-likeness (QED) is 0.834. The van der Waals surface area contributed by atoms with Crippen LogP contribution in [0.3, 0.4) is 0 Å². The van der Waals surface area contributed by atoms with Gasteiger partial charge in [0.2, 0.25) is 0 Å². The van der Waals surface area contributed by atoms with Gasteiger partial charge in [0.15, 0.2) is 11.5 Å². The van der Waals surface area contributed by atoms with Gasteiger partial charge in [-0.05, 0) is 24.1 Å². The predicted molar refractivity (Wildman–Crippen MR) is 88.8 cm³/mol. The highest BCUT2D eigenvalue weighted by atomic mass is 32.2. The molecule has 0 aliphatic carbocycles. The Bertz CT molecular complexity index is 1000. The van der Waals surface area contributed by atoms with E-state index in [2.05, 4.69) is 4.74 Å². The number of methoxy groups -OCH3 is 1. The van der Waals surface area contributed by atoms with Crippen molar-refractivity contribution in [2.75, 3.05) is 14.2 Å². The fourth-order valence-corrected chi connectivity index (χ4v) is 4.64. The molecule has 8 heteroatoms. The van der Waals surface area contributed by atoms with Crippen LogP contribution < -0.4 is 0 Å². The van der Waals surface area contributed by atoms with Gasteiger partial charge in [0, 0.05) is 25.0 Å². The Balaban J connectivity index is 2.50. The van der Waals surface area contributed by atoms with Crippen molar-refractivity contribution >= 4 is 32.7 Å². The van der Waals surface area contributed by atoms with Gasteiger partial charge in [-0.3, -0.25) is 4.31 Å². The van der Waals surface area contributed by atoms with Crippen LogP contribution in [0.2, 0.25) is 0 Å². The number of rotatable bonds is 2. The molecule has 0 saturated carbocycles. The molecule has 0 amide bonds. The number of hydrogen-bond acceptors (Lipinski definition) is 5. The lowest BCUT2D eigenvalue weighted by atomic mass is 10.1. The molecule has 2 aromatic rings. The molecule has 1 aromatic carbocycles. The fourth-order valence-electron chi connectivity index (χ4n) is 3.05. The summed E-state index contributed by atoms with van der Waals surface area (Å²) in [5, 5.41) is 11.1. The zero-order valence-electron chi connectivity index (χ0n) is 13.8. The van der Waals surface area contributed by atoms with Gasteiger partial charge in [0.05, 0.1) is 7.11 Å². The van der Waals surface area contributed by atoms with E-state index in [1.807, 2.05) is 19.1 Å². The summed E-state index contributed by atoms with van der Waals surface area (Å²) in [4.78, 5) is 12.0. The Kier molecular flexibility index (Phi) is 3.60. The molecule has 3 rings (SSSR count). The van der Waals surface area contributed by atoms with Gasteiger partial charge in [0.1, 0.15) is 10.6 Å². The molecule has 0 radical (unpaired) electrons. The minimum atomic E-state index is -3.99. The van der Waals surface area contributed by atoms with Crippen LogP contribution in [-0.4, -0.2) is 42.5 Å². The third kappa shape index (κ3) is 1.96. The van der Waals surface area contributed by atoms with Crippen LogP contribution in [0, 0.1) is 0 Å². The zero-order valence-corrected chi connectivity index (χ0v) is 14.6. The van der Waals surface area contributed by atoms with Gasteiger partial charge in [-0.1, -0.05) is 13.0 Å². The first-order valence-electron chi connectivity index (χ1n) is 7.37. The SMILES string of the molecule is CCc1ccc2c(c1)c1c(n2C)C(O)=C(C(=O)OC)N(C)S1(=O)=O. The third-order valence-electron chi connectivity index (χ3n) is 4.39. The zero-order chi connectivity index (χ0) is 17.8. The van der Waals surface area contributed by atoms with Gasteiger partial charge in [-0.2, -0.15) is 0 Å². The summed E-state index contributed by atoms with van der Waals surface area (Å²) < 4.78 is 32.9. The number of aliphatic hydroxyl groups is 1. The number of likely N-dealkylation sites (N-methyl/N-ethyl adjacent to an activating group) is 1. The first-order valence-corrected chi connectivity index (χ1v) is 8.81. The van der Waals surface area contributed by atoms with Crippen molar-refractivity contribution in [1.29, 1.82) is 0 Å². The average Bonchev–Trinajstić information content (AvgIpc) is 2.86. The van der Waals surface area contributed by atoms with Crippen molar-refractivity contribution in [1.82, 2.24) is 8.87 Å². The van der Waals surface area contributed by atoms with Crippen LogP contribution in [0.4, 0.5) is 0 Å². The van der Waals surface area contributed by atoms with Crippen molar-refractivity contribution in [2.24, 2.45) is 7.05 Å². The molecular formula is C16H18N2O5S. The second-order valence-corrected chi connectivity index (χ2v) is 7.51. The number of carbonyl (C=O) groups excluding carboxylic acids is 1. The lowest BCUT2D eigenvalue weighted by molar-refractivity contribution is -0.137. The van der Waals surface area contributed by atoms with E-state index in [1.165, 1.54) is 7.05 Å². The Morgan fingerprint density at radius 1 is 1.29 bits per heavy atom. The normalized spacial score (nSPS) is 16.4. The predicted octanol–water partition coefficient (Wildman–Crippen LogP) is 1.77. The van der Waals surface area contributed by atoms with Crippen LogP contribution in [0.15, 0.2) is 28.8 Å². The molecule has 0 bridgehead atoms. The Hall–Kier alpha value is -2.48. The molecule has 24 heavy (non-hydrogen) atoms.